The Morgan fingerprint density at radius 1 is 1.24 bits per heavy atom. The maximum absolute atomic E-state index is 11.9. The first-order valence-corrected chi connectivity index (χ1v) is 6.39. The van der Waals surface area contributed by atoms with Crippen LogP contribution in [0.3, 0.4) is 0 Å². The van der Waals surface area contributed by atoms with Gasteiger partial charge in [0, 0.05) is 0 Å². The molecule has 2 rings (SSSR count). The summed E-state index contributed by atoms with van der Waals surface area (Å²) in [6.07, 6.45) is 1.97. The Labute approximate surface area is 101 Å². The lowest BCUT2D eigenvalue weighted by atomic mass is 9.76. The molecule has 2 fully saturated rings. The second kappa shape index (κ2) is 4.67. The van der Waals surface area contributed by atoms with Gasteiger partial charge in [0.05, 0.1) is 12.3 Å². The zero-order valence-electron chi connectivity index (χ0n) is 10.4. The molecule has 0 radical (unpaired) electrons. The van der Waals surface area contributed by atoms with Crippen LogP contribution in [0.1, 0.15) is 33.1 Å². The van der Waals surface area contributed by atoms with Gasteiger partial charge < -0.3 is 9.84 Å². The Morgan fingerprint density at radius 2 is 1.94 bits per heavy atom. The van der Waals surface area contributed by atoms with Crippen LogP contribution in [0.5, 0.6) is 0 Å². The molecular weight excluding hydrogens is 220 g/mol. The van der Waals surface area contributed by atoms with E-state index in [-0.39, 0.29) is 24.9 Å². The highest BCUT2D eigenvalue weighted by atomic mass is 16.5. The number of hydrogen-bond donors (Lipinski definition) is 1. The standard InChI is InChI=1S/C13H20O4/c1-7-8(2)10-5-9(7)6-11(10)13(16)17-4-3-12(14)15/h7-11H,3-6H2,1-2H3,(H,14,15). The summed E-state index contributed by atoms with van der Waals surface area (Å²) in [5.74, 6) is 1.32. The van der Waals surface area contributed by atoms with Crippen molar-refractivity contribution in [2.24, 2.45) is 29.6 Å². The van der Waals surface area contributed by atoms with Crippen LogP contribution < -0.4 is 0 Å². The number of hydrogen-bond acceptors (Lipinski definition) is 3. The minimum atomic E-state index is -0.923. The summed E-state index contributed by atoms with van der Waals surface area (Å²) in [7, 11) is 0. The number of rotatable bonds is 4. The zero-order chi connectivity index (χ0) is 12.6. The van der Waals surface area contributed by atoms with E-state index < -0.39 is 5.97 Å². The normalized spacial score (nSPS) is 39.3. The highest BCUT2D eigenvalue weighted by molar-refractivity contribution is 5.74. The van der Waals surface area contributed by atoms with E-state index in [1.54, 1.807) is 0 Å². The number of ether oxygens (including phenoxy) is 1. The molecular formula is C13H20O4. The fourth-order valence-electron chi connectivity index (χ4n) is 3.56. The average molecular weight is 240 g/mol. The van der Waals surface area contributed by atoms with Crippen LogP contribution in [0.2, 0.25) is 0 Å². The summed E-state index contributed by atoms with van der Waals surface area (Å²) in [4.78, 5) is 22.2. The number of carbonyl (C=O) groups is 2. The fraction of sp³-hybridized carbons (Fsp3) is 0.846. The third-order valence-corrected chi connectivity index (χ3v) is 4.76. The first-order valence-electron chi connectivity index (χ1n) is 6.39. The van der Waals surface area contributed by atoms with Crippen LogP contribution in [0.15, 0.2) is 0 Å². The van der Waals surface area contributed by atoms with Crippen molar-refractivity contribution in [3.8, 4) is 0 Å². The Hall–Kier alpha value is -1.06. The summed E-state index contributed by atoms with van der Waals surface area (Å²) in [5.41, 5.74) is 0. The molecule has 2 saturated carbocycles. The van der Waals surface area contributed by atoms with E-state index in [1.165, 1.54) is 0 Å². The first-order chi connectivity index (χ1) is 8.00. The molecule has 17 heavy (non-hydrogen) atoms. The molecule has 2 bridgehead atoms. The number of aliphatic carboxylic acids is 1. The van der Waals surface area contributed by atoms with Gasteiger partial charge in [-0.25, -0.2) is 0 Å². The van der Waals surface area contributed by atoms with E-state index in [2.05, 4.69) is 13.8 Å². The highest BCUT2D eigenvalue weighted by Crippen LogP contribution is 2.55. The lowest BCUT2D eigenvalue weighted by Gasteiger charge is -2.30. The second-order valence-electron chi connectivity index (χ2n) is 5.53. The third-order valence-electron chi connectivity index (χ3n) is 4.76. The van der Waals surface area contributed by atoms with Crippen LogP contribution >= 0.6 is 0 Å². The lowest BCUT2D eigenvalue weighted by molar-refractivity contribution is -0.153. The van der Waals surface area contributed by atoms with E-state index in [4.69, 9.17) is 9.84 Å². The molecule has 5 unspecified atom stereocenters. The third kappa shape index (κ3) is 2.31. The molecule has 0 spiro atoms. The van der Waals surface area contributed by atoms with Gasteiger partial charge in [-0.3, -0.25) is 9.59 Å². The van der Waals surface area contributed by atoms with Gasteiger partial charge in [0.2, 0.25) is 0 Å². The van der Waals surface area contributed by atoms with Gasteiger partial charge in [-0.15, -0.1) is 0 Å². The van der Waals surface area contributed by atoms with Crippen molar-refractivity contribution in [1.29, 1.82) is 0 Å². The van der Waals surface area contributed by atoms with Crippen LogP contribution in [-0.2, 0) is 14.3 Å². The topological polar surface area (TPSA) is 63.6 Å². The number of carbonyl (C=O) groups excluding carboxylic acids is 1. The van der Waals surface area contributed by atoms with Gasteiger partial charge in [-0.05, 0) is 36.5 Å². The largest absolute Gasteiger partial charge is 0.481 e. The maximum atomic E-state index is 11.9. The van der Waals surface area contributed by atoms with Gasteiger partial charge in [0.25, 0.3) is 0 Å². The molecule has 0 aromatic carbocycles. The number of fused-ring (bicyclic) bond motifs is 2. The summed E-state index contributed by atoms with van der Waals surface area (Å²) < 4.78 is 5.05. The minimum Gasteiger partial charge on any atom is -0.481 e. The fourth-order valence-corrected chi connectivity index (χ4v) is 3.56. The first kappa shape index (κ1) is 12.4. The summed E-state index contributed by atoms with van der Waals surface area (Å²) >= 11 is 0. The molecule has 5 atom stereocenters. The predicted molar refractivity (Wildman–Crippen MR) is 61.2 cm³/mol. The number of carboxylic acids is 1. The average Bonchev–Trinajstić information content (AvgIpc) is 2.79. The molecule has 0 aromatic rings. The van der Waals surface area contributed by atoms with E-state index in [0.717, 1.165) is 12.8 Å². The zero-order valence-corrected chi connectivity index (χ0v) is 10.4. The summed E-state index contributed by atoms with van der Waals surface area (Å²) in [5, 5.41) is 8.48. The number of carboxylic acid groups (broad SMARTS) is 1. The molecule has 2 aliphatic carbocycles. The van der Waals surface area contributed by atoms with Crippen LogP contribution in [0.4, 0.5) is 0 Å². The van der Waals surface area contributed by atoms with Gasteiger partial charge in [-0.2, -0.15) is 0 Å². The van der Waals surface area contributed by atoms with E-state index in [0.29, 0.717) is 23.7 Å². The predicted octanol–water partition coefficient (Wildman–Crippen LogP) is 1.93. The Kier molecular flexibility index (Phi) is 3.40. The van der Waals surface area contributed by atoms with E-state index in [9.17, 15) is 9.59 Å². The van der Waals surface area contributed by atoms with Gasteiger partial charge in [0.15, 0.2) is 0 Å². The molecule has 0 aromatic heterocycles. The number of esters is 1. The lowest BCUT2D eigenvalue weighted by Crippen LogP contribution is -2.31. The highest BCUT2D eigenvalue weighted by Gasteiger charge is 2.51. The second-order valence-corrected chi connectivity index (χ2v) is 5.53. The van der Waals surface area contributed by atoms with Crippen molar-refractivity contribution in [2.45, 2.75) is 33.1 Å². The summed E-state index contributed by atoms with van der Waals surface area (Å²) in [6, 6.07) is 0. The molecule has 0 amide bonds. The van der Waals surface area contributed by atoms with E-state index in [1.807, 2.05) is 0 Å². The molecule has 4 heteroatoms. The SMILES string of the molecule is CC1C2CC(C(=O)OCCC(=O)O)C(C2)C1C. The van der Waals surface area contributed by atoms with Crippen molar-refractivity contribution in [3.63, 3.8) is 0 Å². The van der Waals surface area contributed by atoms with Crippen molar-refractivity contribution in [3.05, 3.63) is 0 Å². The maximum Gasteiger partial charge on any atom is 0.309 e. The molecule has 96 valence electrons. The Bertz CT molecular complexity index is 323. The van der Waals surface area contributed by atoms with Crippen LogP contribution in [-0.4, -0.2) is 23.7 Å². The summed E-state index contributed by atoms with van der Waals surface area (Å²) in [6.45, 7) is 4.49. The minimum absolute atomic E-state index is 0.00594. The molecule has 0 heterocycles. The monoisotopic (exact) mass is 240 g/mol. The quantitative estimate of drug-likeness (QED) is 0.763. The van der Waals surface area contributed by atoms with Gasteiger partial charge in [-0.1, -0.05) is 13.8 Å². The van der Waals surface area contributed by atoms with Crippen LogP contribution in [0.25, 0.3) is 0 Å². The Morgan fingerprint density at radius 3 is 2.47 bits per heavy atom. The molecule has 0 saturated heterocycles. The van der Waals surface area contributed by atoms with Gasteiger partial charge in [0.1, 0.15) is 6.61 Å². The van der Waals surface area contributed by atoms with Gasteiger partial charge >= 0.3 is 11.9 Å². The smallest absolute Gasteiger partial charge is 0.309 e. The van der Waals surface area contributed by atoms with Crippen molar-refractivity contribution >= 4 is 11.9 Å². The van der Waals surface area contributed by atoms with Crippen molar-refractivity contribution < 1.29 is 19.4 Å². The molecule has 0 aliphatic heterocycles. The Balaban J connectivity index is 1.84. The van der Waals surface area contributed by atoms with E-state index >= 15 is 0 Å². The van der Waals surface area contributed by atoms with Crippen molar-refractivity contribution in [1.82, 2.24) is 0 Å². The van der Waals surface area contributed by atoms with Crippen LogP contribution in [0, 0.1) is 29.6 Å². The van der Waals surface area contributed by atoms with Crippen molar-refractivity contribution in [2.75, 3.05) is 6.61 Å². The molecule has 1 N–H and O–H groups in total. The molecule has 2 aliphatic rings. The molecule has 4 nitrogen and oxygen atoms in total.